The first-order chi connectivity index (χ1) is 9.15. The Labute approximate surface area is 111 Å². The van der Waals surface area contributed by atoms with Crippen LogP contribution in [0.1, 0.15) is 21.6 Å². The molecular formula is C14H15N3O2. The highest BCUT2D eigenvalue weighted by Gasteiger charge is 2.06. The topological polar surface area (TPSA) is 75.1 Å². The van der Waals surface area contributed by atoms with Gasteiger partial charge >= 0.3 is 5.97 Å². The molecule has 0 unspecified atom stereocenters. The normalized spacial score (nSPS) is 10.2. The molecule has 98 valence electrons. The van der Waals surface area contributed by atoms with E-state index in [9.17, 15) is 4.79 Å². The number of anilines is 1. The van der Waals surface area contributed by atoms with Crippen LogP contribution < -0.4 is 5.32 Å². The highest BCUT2D eigenvalue weighted by molar-refractivity contribution is 5.88. The van der Waals surface area contributed by atoms with Crippen molar-refractivity contribution in [3.05, 3.63) is 53.5 Å². The van der Waals surface area contributed by atoms with E-state index < -0.39 is 5.97 Å². The van der Waals surface area contributed by atoms with Crippen LogP contribution in [0.3, 0.4) is 0 Å². The number of aromatic carboxylic acids is 1. The number of carbonyl (C=O) groups is 1. The van der Waals surface area contributed by atoms with E-state index in [1.807, 2.05) is 18.3 Å². The van der Waals surface area contributed by atoms with Gasteiger partial charge in [-0.2, -0.15) is 0 Å². The second-order valence-electron chi connectivity index (χ2n) is 4.23. The highest BCUT2D eigenvalue weighted by Crippen LogP contribution is 2.10. The van der Waals surface area contributed by atoms with Crippen molar-refractivity contribution in [2.75, 3.05) is 11.9 Å². The monoisotopic (exact) mass is 257 g/mol. The molecule has 19 heavy (non-hydrogen) atoms. The summed E-state index contributed by atoms with van der Waals surface area (Å²) in [6, 6.07) is 6.98. The summed E-state index contributed by atoms with van der Waals surface area (Å²) < 4.78 is 0. The van der Waals surface area contributed by atoms with Crippen LogP contribution in [0.15, 0.2) is 36.7 Å². The molecule has 0 aliphatic rings. The molecule has 2 aromatic rings. The zero-order valence-corrected chi connectivity index (χ0v) is 10.6. The zero-order chi connectivity index (χ0) is 13.7. The van der Waals surface area contributed by atoms with E-state index in [0.29, 0.717) is 18.1 Å². The molecule has 0 spiro atoms. The number of hydrogen-bond donors (Lipinski definition) is 2. The molecule has 5 nitrogen and oxygen atoms in total. The molecule has 0 aromatic carbocycles. The van der Waals surface area contributed by atoms with Gasteiger partial charge in [-0.05, 0) is 37.1 Å². The molecule has 2 N–H and O–H groups in total. The van der Waals surface area contributed by atoms with Crippen LogP contribution in [0, 0.1) is 6.92 Å². The fourth-order valence-electron chi connectivity index (χ4n) is 1.76. The van der Waals surface area contributed by atoms with Gasteiger partial charge in [0, 0.05) is 24.6 Å². The van der Waals surface area contributed by atoms with Gasteiger partial charge in [0.15, 0.2) is 0 Å². The van der Waals surface area contributed by atoms with Gasteiger partial charge in [0.2, 0.25) is 0 Å². The predicted molar refractivity (Wildman–Crippen MR) is 72.4 cm³/mol. The first-order valence-corrected chi connectivity index (χ1v) is 6.00. The van der Waals surface area contributed by atoms with Crippen LogP contribution in [0.25, 0.3) is 0 Å². The number of carboxylic acid groups (broad SMARTS) is 1. The molecule has 0 radical (unpaired) electrons. The lowest BCUT2D eigenvalue weighted by Crippen LogP contribution is -2.08. The zero-order valence-electron chi connectivity index (χ0n) is 10.6. The van der Waals surface area contributed by atoms with Gasteiger partial charge in [0.25, 0.3) is 0 Å². The van der Waals surface area contributed by atoms with Gasteiger partial charge in [-0.3, -0.25) is 4.98 Å². The Balaban J connectivity index is 1.98. The van der Waals surface area contributed by atoms with E-state index >= 15 is 0 Å². The fraction of sp³-hybridized carbons (Fsp3) is 0.214. The molecular weight excluding hydrogens is 242 g/mol. The van der Waals surface area contributed by atoms with E-state index in [2.05, 4.69) is 15.3 Å². The summed E-state index contributed by atoms with van der Waals surface area (Å²) in [6.45, 7) is 2.46. The van der Waals surface area contributed by atoms with Crippen LogP contribution in [-0.2, 0) is 6.42 Å². The number of nitrogens with zero attached hydrogens (tertiary/aromatic N) is 2. The average Bonchev–Trinajstić information content (AvgIpc) is 2.39. The van der Waals surface area contributed by atoms with E-state index in [0.717, 1.165) is 12.0 Å². The van der Waals surface area contributed by atoms with Crippen molar-refractivity contribution in [3.63, 3.8) is 0 Å². The number of carboxylic acids is 1. The SMILES string of the molecule is Cc1cc(C(=O)O)cc(NCCc2cccnc2)n1. The quantitative estimate of drug-likeness (QED) is 0.858. The first kappa shape index (κ1) is 13.0. The molecule has 2 heterocycles. The van der Waals surface area contributed by atoms with E-state index in [-0.39, 0.29) is 5.56 Å². The number of aromatic nitrogens is 2. The summed E-state index contributed by atoms with van der Waals surface area (Å²) in [5, 5.41) is 12.1. The van der Waals surface area contributed by atoms with E-state index in [1.165, 1.54) is 0 Å². The third-order valence-electron chi connectivity index (χ3n) is 2.64. The minimum atomic E-state index is -0.944. The Morgan fingerprint density at radius 1 is 1.42 bits per heavy atom. The van der Waals surface area contributed by atoms with Crippen molar-refractivity contribution in [1.29, 1.82) is 0 Å². The molecule has 2 aromatic heterocycles. The summed E-state index contributed by atoms with van der Waals surface area (Å²) in [5.74, 6) is -0.359. The smallest absolute Gasteiger partial charge is 0.335 e. The van der Waals surface area contributed by atoms with Crippen LogP contribution in [0.5, 0.6) is 0 Å². The highest BCUT2D eigenvalue weighted by atomic mass is 16.4. The standard InChI is InChI=1S/C14H15N3O2/c1-10-7-12(14(18)19)8-13(17-10)16-6-4-11-3-2-5-15-9-11/h2-3,5,7-9H,4,6H2,1H3,(H,16,17)(H,18,19). The molecule has 2 rings (SSSR count). The molecule has 0 amide bonds. The Bertz CT molecular complexity index is 570. The lowest BCUT2D eigenvalue weighted by molar-refractivity contribution is 0.0696. The van der Waals surface area contributed by atoms with Gasteiger partial charge < -0.3 is 10.4 Å². The van der Waals surface area contributed by atoms with Gasteiger partial charge in [-0.1, -0.05) is 6.07 Å². The van der Waals surface area contributed by atoms with Gasteiger partial charge in [-0.15, -0.1) is 0 Å². The van der Waals surface area contributed by atoms with Crippen molar-refractivity contribution in [2.24, 2.45) is 0 Å². The van der Waals surface area contributed by atoms with Crippen molar-refractivity contribution >= 4 is 11.8 Å². The van der Waals surface area contributed by atoms with Crippen molar-refractivity contribution in [3.8, 4) is 0 Å². The van der Waals surface area contributed by atoms with Crippen molar-refractivity contribution < 1.29 is 9.90 Å². The second kappa shape index (κ2) is 5.95. The Kier molecular flexibility index (Phi) is 4.07. The van der Waals surface area contributed by atoms with E-state index in [4.69, 9.17) is 5.11 Å². The number of aryl methyl sites for hydroxylation is 1. The molecule has 0 fully saturated rings. The number of hydrogen-bond acceptors (Lipinski definition) is 4. The van der Waals surface area contributed by atoms with Gasteiger partial charge in [-0.25, -0.2) is 9.78 Å². The van der Waals surface area contributed by atoms with Crippen LogP contribution in [0.2, 0.25) is 0 Å². The third-order valence-corrected chi connectivity index (χ3v) is 2.64. The molecule has 0 aliphatic carbocycles. The van der Waals surface area contributed by atoms with Crippen molar-refractivity contribution in [2.45, 2.75) is 13.3 Å². The Morgan fingerprint density at radius 3 is 2.95 bits per heavy atom. The Morgan fingerprint density at radius 2 is 2.26 bits per heavy atom. The molecule has 0 saturated heterocycles. The second-order valence-corrected chi connectivity index (χ2v) is 4.23. The lowest BCUT2D eigenvalue weighted by Gasteiger charge is -2.07. The average molecular weight is 257 g/mol. The minimum absolute atomic E-state index is 0.247. The number of pyridine rings is 2. The predicted octanol–water partition coefficient (Wildman–Crippen LogP) is 2.14. The first-order valence-electron chi connectivity index (χ1n) is 6.00. The molecule has 0 bridgehead atoms. The largest absolute Gasteiger partial charge is 0.478 e. The molecule has 0 saturated carbocycles. The summed E-state index contributed by atoms with van der Waals surface area (Å²) in [6.07, 6.45) is 4.36. The van der Waals surface area contributed by atoms with Crippen molar-refractivity contribution in [1.82, 2.24) is 9.97 Å². The summed E-state index contributed by atoms with van der Waals surface area (Å²) >= 11 is 0. The summed E-state index contributed by atoms with van der Waals surface area (Å²) in [5.41, 5.74) is 2.06. The third kappa shape index (κ3) is 3.77. The number of rotatable bonds is 5. The Hall–Kier alpha value is -2.43. The molecule has 0 atom stereocenters. The van der Waals surface area contributed by atoms with Crippen LogP contribution in [0.4, 0.5) is 5.82 Å². The van der Waals surface area contributed by atoms with Crippen LogP contribution in [-0.4, -0.2) is 27.6 Å². The molecule has 5 heteroatoms. The van der Waals surface area contributed by atoms with Gasteiger partial charge in [0.1, 0.15) is 5.82 Å². The van der Waals surface area contributed by atoms with E-state index in [1.54, 1.807) is 25.3 Å². The maximum absolute atomic E-state index is 10.9. The minimum Gasteiger partial charge on any atom is -0.478 e. The van der Waals surface area contributed by atoms with Crippen LogP contribution >= 0.6 is 0 Å². The molecule has 0 aliphatic heterocycles. The number of nitrogens with one attached hydrogen (secondary N) is 1. The summed E-state index contributed by atoms with van der Waals surface area (Å²) in [7, 11) is 0. The summed E-state index contributed by atoms with van der Waals surface area (Å²) in [4.78, 5) is 19.2. The maximum Gasteiger partial charge on any atom is 0.335 e. The van der Waals surface area contributed by atoms with Gasteiger partial charge in [0.05, 0.1) is 5.56 Å². The lowest BCUT2D eigenvalue weighted by atomic mass is 10.2. The maximum atomic E-state index is 10.9. The fourth-order valence-corrected chi connectivity index (χ4v) is 1.76.